The standard InChI is InChI=1S/C19H29N3O2/c1-14-12-21(2)10-11-22(14)13-18(23)20-19(15-4-5-15)16-6-8-17(24-3)9-7-16/h6-9,14-15,19H,4-5,10-13H2,1-3H3,(H,20,23)/t14-,19+/m0/s1. The van der Waals surface area contributed by atoms with Crippen molar-refractivity contribution < 1.29 is 9.53 Å². The molecule has 5 heteroatoms. The summed E-state index contributed by atoms with van der Waals surface area (Å²) in [7, 11) is 3.81. The fraction of sp³-hybridized carbons (Fsp3) is 0.632. The van der Waals surface area contributed by atoms with Crippen LogP contribution in [0, 0.1) is 5.92 Å². The first kappa shape index (κ1) is 17.2. The van der Waals surface area contributed by atoms with Crippen LogP contribution in [0.25, 0.3) is 0 Å². The van der Waals surface area contributed by atoms with Crippen LogP contribution < -0.4 is 10.1 Å². The number of carbonyl (C=O) groups is 1. The minimum absolute atomic E-state index is 0.131. The van der Waals surface area contributed by atoms with Gasteiger partial charge in [-0.1, -0.05) is 12.1 Å². The van der Waals surface area contributed by atoms with E-state index in [-0.39, 0.29) is 11.9 Å². The SMILES string of the molecule is COc1ccc([C@H](NC(=O)CN2CCN(C)C[C@@H]2C)C2CC2)cc1. The lowest BCUT2D eigenvalue weighted by Crippen LogP contribution is -2.53. The number of methoxy groups -OCH3 is 1. The summed E-state index contributed by atoms with van der Waals surface area (Å²) in [5.74, 6) is 1.57. The maximum atomic E-state index is 12.6. The van der Waals surface area contributed by atoms with Crippen LogP contribution in [0.15, 0.2) is 24.3 Å². The van der Waals surface area contributed by atoms with E-state index in [1.165, 1.54) is 18.4 Å². The van der Waals surface area contributed by atoms with Gasteiger partial charge in [0.05, 0.1) is 19.7 Å². The molecule has 1 saturated carbocycles. The highest BCUT2D eigenvalue weighted by molar-refractivity contribution is 5.78. The smallest absolute Gasteiger partial charge is 0.234 e. The third-order valence-electron chi connectivity index (χ3n) is 5.20. The fourth-order valence-electron chi connectivity index (χ4n) is 3.53. The van der Waals surface area contributed by atoms with Crippen molar-refractivity contribution in [2.24, 2.45) is 5.92 Å². The van der Waals surface area contributed by atoms with E-state index in [1.807, 2.05) is 12.1 Å². The van der Waals surface area contributed by atoms with Gasteiger partial charge in [0, 0.05) is 25.7 Å². The fourth-order valence-corrected chi connectivity index (χ4v) is 3.53. The molecule has 1 aliphatic heterocycles. The Kier molecular flexibility index (Phi) is 5.41. The number of rotatable bonds is 6. The molecule has 1 heterocycles. The van der Waals surface area contributed by atoms with Gasteiger partial charge in [-0.05, 0) is 50.4 Å². The van der Waals surface area contributed by atoms with Crippen LogP contribution >= 0.6 is 0 Å². The van der Waals surface area contributed by atoms with Crippen LogP contribution in [-0.4, -0.2) is 62.1 Å². The van der Waals surface area contributed by atoms with Crippen molar-refractivity contribution in [1.82, 2.24) is 15.1 Å². The van der Waals surface area contributed by atoms with E-state index in [2.05, 4.69) is 41.2 Å². The van der Waals surface area contributed by atoms with Gasteiger partial charge in [-0.15, -0.1) is 0 Å². The molecule has 1 aromatic carbocycles. The Labute approximate surface area is 145 Å². The van der Waals surface area contributed by atoms with Gasteiger partial charge in [0.15, 0.2) is 0 Å². The average molecular weight is 331 g/mol. The molecule has 5 nitrogen and oxygen atoms in total. The molecule has 1 amide bonds. The number of hydrogen-bond donors (Lipinski definition) is 1. The molecule has 0 unspecified atom stereocenters. The Morgan fingerprint density at radius 1 is 1.29 bits per heavy atom. The predicted molar refractivity (Wildman–Crippen MR) is 95.1 cm³/mol. The largest absolute Gasteiger partial charge is 0.497 e. The van der Waals surface area contributed by atoms with Crippen molar-refractivity contribution in [1.29, 1.82) is 0 Å². The van der Waals surface area contributed by atoms with E-state index in [9.17, 15) is 4.79 Å². The summed E-state index contributed by atoms with van der Waals surface area (Å²) in [6.45, 7) is 5.71. The summed E-state index contributed by atoms with van der Waals surface area (Å²) >= 11 is 0. The Balaban J connectivity index is 1.60. The van der Waals surface area contributed by atoms with Gasteiger partial charge < -0.3 is 15.0 Å². The first-order valence-corrected chi connectivity index (χ1v) is 8.92. The van der Waals surface area contributed by atoms with Gasteiger partial charge in [-0.3, -0.25) is 9.69 Å². The summed E-state index contributed by atoms with van der Waals surface area (Å²) in [5.41, 5.74) is 1.18. The summed E-state index contributed by atoms with van der Waals surface area (Å²) in [4.78, 5) is 17.2. The highest BCUT2D eigenvalue weighted by Gasteiger charge is 2.34. The topological polar surface area (TPSA) is 44.8 Å². The van der Waals surface area contributed by atoms with Crippen LogP contribution in [0.2, 0.25) is 0 Å². The van der Waals surface area contributed by atoms with Crippen molar-refractivity contribution in [3.05, 3.63) is 29.8 Å². The van der Waals surface area contributed by atoms with Gasteiger partial charge in [0.25, 0.3) is 0 Å². The molecule has 1 N–H and O–H groups in total. The highest BCUT2D eigenvalue weighted by Crippen LogP contribution is 2.41. The van der Waals surface area contributed by atoms with E-state index >= 15 is 0 Å². The molecule has 0 bridgehead atoms. The van der Waals surface area contributed by atoms with E-state index in [0.717, 1.165) is 25.4 Å². The molecule has 1 aromatic rings. The maximum absolute atomic E-state index is 12.6. The normalized spacial score (nSPS) is 23.7. The number of nitrogens with one attached hydrogen (secondary N) is 1. The molecule has 1 saturated heterocycles. The molecule has 0 radical (unpaired) electrons. The third kappa shape index (κ3) is 4.28. The van der Waals surface area contributed by atoms with E-state index in [1.54, 1.807) is 7.11 Å². The van der Waals surface area contributed by atoms with Crippen molar-refractivity contribution in [3.63, 3.8) is 0 Å². The van der Waals surface area contributed by atoms with E-state index in [0.29, 0.717) is 18.5 Å². The molecular formula is C19H29N3O2. The molecular weight excluding hydrogens is 302 g/mol. The van der Waals surface area contributed by atoms with Gasteiger partial charge in [-0.25, -0.2) is 0 Å². The molecule has 1 aliphatic carbocycles. The second-order valence-corrected chi connectivity index (χ2v) is 7.24. The van der Waals surface area contributed by atoms with Crippen LogP contribution in [0.3, 0.4) is 0 Å². The maximum Gasteiger partial charge on any atom is 0.234 e. The summed E-state index contributed by atoms with van der Waals surface area (Å²) in [6.07, 6.45) is 2.39. The highest BCUT2D eigenvalue weighted by atomic mass is 16.5. The zero-order valence-electron chi connectivity index (χ0n) is 15.0. The summed E-state index contributed by atoms with van der Waals surface area (Å²) in [5, 5.41) is 3.28. The van der Waals surface area contributed by atoms with Crippen molar-refractivity contribution in [3.8, 4) is 5.75 Å². The number of hydrogen-bond acceptors (Lipinski definition) is 4. The Hall–Kier alpha value is -1.59. The van der Waals surface area contributed by atoms with Crippen LogP contribution in [0.1, 0.15) is 31.4 Å². The van der Waals surface area contributed by atoms with Gasteiger partial charge >= 0.3 is 0 Å². The monoisotopic (exact) mass is 331 g/mol. The van der Waals surface area contributed by atoms with Crippen LogP contribution in [0.5, 0.6) is 5.75 Å². The first-order chi connectivity index (χ1) is 11.6. The Morgan fingerprint density at radius 2 is 2.00 bits per heavy atom. The zero-order chi connectivity index (χ0) is 17.1. The number of carbonyl (C=O) groups excluding carboxylic acids is 1. The number of amides is 1. The Morgan fingerprint density at radius 3 is 2.58 bits per heavy atom. The van der Waals surface area contributed by atoms with Crippen molar-refractivity contribution in [2.75, 3.05) is 40.3 Å². The number of benzene rings is 1. The summed E-state index contributed by atoms with van der Waals surface area (Å²) < 4.78 is 5.23. The zero-order valence-corrected chi connectivity index (χ0v) is 15.0. The van der Waals surface area contributed by atoms with Gasteiger partial charge in [-0.2, -0.15) is 0 Å². The lowest BCUT2D eigenvalue weighted by Gasteiger charge is -2.38. The van der Waals surface area contributed by atoms with Gasteiger partial charge in [0.1, 0.15) is 5.75 Å². The van der Waals surface area contributed by atoms with Crippen LogP contribution in [-0.2, 0) is 4.79 Å². The first-order valence-electron chi connectivity index (χ1n) is 8.92. The molecule has 132 valence electrons. The second-order valence-electron chi connectivity index (χ2n) is 7.24. The second kappa shape index (κ2) is 7.53. The lowest BCUT2D eigenvalue weighted by atomic mass is 10.0. The van der Waals surface area contributed by atoms with Crippen LogP contribution in [0.4, 0.5) is 0 Å². The number of likely N-dealkylation sites (N-methyl/N-ethyl adjacent to an activating group) is 1. The molecule has 3 rings (SSSR count). The Bertz CT molecular complexity index is 556. The lowest BCUT2D eigenvalue weighted by molar-refractivity contribution is -0.124. The van der Waals surface area contributed by atoms with Crippen molar-refractivity contribution >= 4 is 5.91 Å². The molecule has 2 atom stereocenters. The molecule has 2 fully saturated rings. The number of piperazine rings is 1. The van der Waals surface area contributed by atoms with Gasteiger partial charge in [0.2, 0.25) is 5.91 Å². The number of nitrogens with zero attached hydrogens (tertiary/aromatic N) is 2. The van der Waals surface area contributed by atoms with Crippen molar-refractivity contribution in [2.45, 2.75) is 31.8 Å². The van der Waals surface area contributed by atoms with E-state index < -0.39 is 0 Å². The molecule has 0 spiro atoms. The minimum atomic E-state index is 0.131. The summed E-state index contributed by atoms with van der Waals surface area (Å²) in [6, 6.07) is 8.64. The minimum Gasteiger partial charge on any atom is -0.497 e. The average Bonchev–Trinajstić information content (AvgIpc) is 3.40. The third-order valence-corrected chi connectivity index (χ3v) is 5.20. The van der Waals surface area contributed by atoms with E-state index in [4.69, 9.17) is 4.74 Å². The molecule has 24 heavy (non-hydrogen) atoms. The molecule has 0 aromatic heterocycles. The number of ether oxygens (including phenoxy) is 1. The predicted octanol–water partition coefficient (Wildman–Crippen LogP) is 1.90. The quantitative estimate of drug-likeness (QED) is 0.865. The molecule has 2 aliphatic rings.